The molecule has 5 nitrogen and oxygen atoms in total. The van der Waals surface area contributed by atoms with Crippen molar-refractivity contribution in [1.82, 2.24) is 0 Å². The van der Waals surface area contributed by atoms with Crippen LogP contribution < -0.4 is 15.4 Å². The molecule has 1 atom stereocenters. The summed E-state index contributed by atoms with van der Waals surface area (Å²) in [4.78, 5) is 25.7. The van der Waals surface area contributed by atoms with Crippen molar-refractivity contribution in [3.8, 4) is 16.9 Å². The molecule has 0 saturated carbocycles. The van der Waals surface area contributed by atoms with E-state index in [0.29, 0.717) is 22.7 Å². The van der Waals surface area contributed by atoms with Crippen LogP contribution in [-0.4, -0.2) is 17.9 Å². The van der Waals surface area contributed by atoms with E-state index >= 15 is 0 Å². The fourth-order valence-electron chi connectivity index (χ4n) is 3.42. The third kappa shape index (κ3) is 5.46. The van der Waals surface area contributed by atoms with Gasteiger partial charge in [-0.25, -0.2) is 0 Å². The van der Waals surface area contributed by atoms with Crippen LogP contribution in [0.4, 0.5) is 11.4 Å². The van der Waals surface area contributed by atoms with E-state index in [2.05, 4.69) is 10.6 Å². The third-order valence-electron chi connectivity index (χ3n) is 5.11. The van der Waals surface area contributed by atoms with E-state index < -0.39 is 6.10 Å². The van der Waals surface area contributed by atoms with Gasteiger partial charge in [0.05, 0.1) is 5.56 Å². The molecule has 2 amide bonds. The van der Waals surface area contributed by atoms with Gasteiger partial charge in [-0.05, 0) is 42.8 Å². The number of carbonyl (C=O) groups excluding carboxylic acids is 2. The molecule has 0 aromatic heterocycles. The van der Waals surface area contributed by atoms with Crippen LogP contribution in [0.5, 0.6) is 5.75 Å². The van der Waals surface area contributed by atoms with Gasteiger partial charge in [-0.1, -0.05) is 78.9 Å². The maximum atomic E-state index is 12.9. The molecule has 4 aromatic carbocycles. The van der Waals surface area contributed by atoms with Gasteiger partial charge in [-0.15, -0.1) is 0 Å². The first-order valence-electron chi connectivity index (χ1n) is 10.7. The molecular formula is C28H24N2O3. The van der Waals surface area contributed by atoms with Gasteiger partial charge >= 0.3 is 0 Å². The second-order valence-corrected chi connectivity index (χ2v) is 7.48. The summed E-state index contributed by atoms with van der Waals surface area (Å²) in [5.74, 6) is -0.277. The summed E-state index contributed by atoms with van der Waals surface area (Å²) in [6.07, 6.45) is -0.820. The molecule has 0 spiro atoms. The summed E-state index contributed by atoms with van der Waals surface area (Å²) in [6.45, 7) is 1.66. The zero-order valence-electron chi connectivity index (χ0n) is 18.2. The molecule has 0 heterocycles. The largest absolute Gasteiger partial charge is 0.480 e. The van der Waals surface area contributed by atoms with Crippen molar-refractivity contribution in [2.24, 2.45) is 0 Å². The highest BCUT2D eigenvalue weighted by Crippen LogP contribution is 2.28. The van der Waals surface area contributed by atoms with E-state index in [1.165, 1.54) is 0 Å². The molecule has 4 rings (SSSR count). The van der Waals surface area contributed by atoms with E-state index in [0.717, 1.165) is 11.1 Å². The summed E-state index contributed by atoms with van der Waals surface area (Å²) in [6, 6.07) is 33.5. The van der Waals surface area contributed by atoms with Gasteiger partial charge in [0.25, 0.3) is 11.8 Å². The standard InChI is InChI=1S/C28H24N2O3/c1-20(27(31)30-25-18-10-8-16-23(25)21-12-4-2-5-13-21)33-26-19-11-9-17-24(26)28(32)29-22-14-6-3-7-15-22/h2-20H,1H3,(H,29,32)(H,30,31). The molecule has 0 aliphatic heterocycles. The number of anilines is 2. The summed E-state index contributed by atoms with van der Waals surface area (Å²) < 4.78 is 5.91. The highest BCUT2D eigenvalue weighted by atomic mass is 16.5. The van der Waals surface area contributed by atoms with Crippen molar-refractivity contribution in [2.75, 3.05) is 10.6 Å². The first-order chi connectivity index (χ1) is 16.1. The first-order valence-corrected chi connectivity index (χ1v) is 10.7. The molecule has 0 saturated heterocycles. The minimum absolute atomic E-state index is 0.307. The normalized spacial score (nSPS) is 11.3. The SMILES string of the molecule is CC(Oc1ccccc1C(=O)Nc1ccccc1)C(=O)Nc1ccccc1-c1ccccc1. The number of carbonyl (C=O) groups is 2. The maximum absolute atomic E-state index is 12.9. The Morgan fingerprint density at radius 1 is 0.697 bits per heavy atom. The van der Waals surface area contributed by atoms with Crippen LogP contribution in [0.15, 0.2) is 109 Å². The molecule has 0 radical (unpaired) electrons. The smallest absolute Gasteiger partial charge is 0.265 e. The lowest BCUT2D eigenvalue weighted by molar-refractivity contribution is -0.122. The lowest BCUT2D eigenvalue weighted by atomic mass is 10.0. The molecule has 164 valence electrons. The summed E-state index contributed by atoms with van der Waals surface area (Å²) in [7, 11) is 0. The molecular weight excluding hydrogens is 412 g/mol. The molecule has 0 fully saturated rings. The number of benzene rings is 4. The van der Waals surface area contributed by atoms with E-state index in [1.807, 2.05) is 84.9 Å². The highest BCUT2D eigenvalue weighted by Gasteiger charge is 2.20. The fourth-order valence-corrected chi connectivity index (χ4v) is 3.42. The monoisotopic (exact) mass is 436 g/mol. The Labute approximate surface area is 193 Å². The van der Waals surface area contributed by atoms with Crippen LogP contribution in [0.2, 0.25) is 0 Å². The van der Waals surface area contributed by atoms with Gasteiger partial charge in [-0.2, -0.15) is 0 Å². The van der Waals surface area contributed by atoms with Crippen molar-refractivity contribution in [1.29, 1.82) is 0 Å². The number of nitrogens with one attached hydrogen (secondary N) is 2. The number of hydrogen-bond donors (Lipinski definition) is 2. The number of hydrogen-bond acceptors (Lipinski definition) is 3. The fraction of sp³-hybridized carbons (Fsp3) is 0.0714. The number of para-hydroxylation sites is 3. The van der Waals surface area contributed by atoms with Crippen molar-refractivity contribution < 1.29 is 14.3 Å². The second-order valence-electron chi connectivity index (χ2n) is 7.48. The van der Waals surface area contributed by atoms with Gasteiger partial charge < -0.3 is 15.4 Å². The highest BCUT2D eigenvalue weighted by molar-refractivity contribution is 6.06. The van der Waals surface area contributed by atoms with Crippen LogP contribution in [0, 0.1) is 0 Å². The zero-order chi connectivity index (χ0) is 23.0. The minimum atomic E-state index is -0.820. The van der Waals surface area contributed by atoms with E-state index in [-0.39, 0.29) is 11.8 Å². The van der Waals surface area contributed by atoms with E-state index in [4.69, 9.17) is 4.74 Å². The van der Waals surface area contributed by atoms with Crippen LogP contribution in [0.25, 0.3) is 11.1 Å². The Kier molecular flexibility index (Phi) is 6.81. The van der Waals surface area contributed by atoms with Gasteiger partial charge in [0.1, 0.15) is 5.75 Å². The van der Waals surface area contributed by atoms with Gasteiger partial charge in [0.2, 0.25) is 0 Å². The maximum Gasteiger partial charge on any atom is 0.265 e. The van der Waals surface area contributed by atoms with Crippen molar-refractivity contribution in [3.05, 3.63) is 115 Å². The Balaban J connectivity index is 1.48. The Morgan fingerprint density at radius 3 is 2.06 bits per heavy atom. The molecule has 33 heavy (non-hydrogen) atoms. The average molecular weight is 437 g/mol. The van der Waals surface area contributed by atoms with E-state index in [1.54, 1.807) is 31.2 Å². The molecule has 0 aliphatic carbocycles. The molecule has 0 bridgehead atoms. The minimum Gasteiger partial charge on any atom is -0.480 e. The van der Waals surface area contributed by atoms with Gasteiger partial charge in [0.15, 0.2) is 6.10 Å². The number of amides is 2. The summed E-state index contributed by atoms with van der Waals surface area (Å²) in [5, 5.41) is 5.80. The van der Waals surface area contributed by atoms with Crippen molar-refractivity contribution in [3.63, 3.8) is 0 Å². The van der Waals surface area contributed by atoms with Crippen molar-refractivity contribution >= 4 is 23.2 Å². The predicted octanol–water partition coefficient (Wildman–Crippen LogP) is 6.01. The van der Waals surface area contributed by atoms with Crippen LogP contribution in [0.1, 0.15) is 17.3 Å². The van der Waals surface area contributed by atoms with Crippen LogP contribution >= 0.6 is 0 Å². The molecule has 2 N–H and O–H groups in total. The first kappa shape index (κ1) is 21.8. The number of ether oxygens (including phenoxy) is 1. The van der Waals surface area contributed by atoms with E-state index in [9.17, 15) is 9.59 Å². The quantitative estimate of drug-likeness (QED) is 0.373. The molecule has 4 aromatic rings. The lowest BCUT2D eigenvalue weighted by Gasteiger charge is -2.18. The van der Waals surface area contributed by atoms with Crippen LogP contribution in [0.3, 0.4) is 0 Å². The molecule has 1 unspecified atom stereocenters. The zero-order valence-corrected chi connectivity index (χ0v) is 18.2. The topological polar surface area (TPSA) is 67.4 Å². The van der Waals surface area contributed by atoms with Crippen molar-refractivity contribution in [2.45, 2.75) is 13.0 Å². The average Bonchev–Trinajstić information content (AvgIpc) is 2.86. The third-order valence-corrected chi connectivity index (χ3v) is 5.11. The Hall–Kier alpha value is -4.38. The number of rotatable bonds is 7. The van der Waals surface area contributed by atoms with Gasteiger partial charge in [0, 0.05) is 16.9 Å². The summed E-state index contributed by atoms with van der Waals surface area (Å²) in [5.41, 5.74) is 3.65. The van der Waals surface area contributed by atoms with Crippen LogP contribution in [-0.2, 0) is 4.79 Å². The predicted molar refractivity (Wildman–Crippen MR) is 131 cm³/mol. The Morgan fingerprint density at radius 2 is 1.30 bits per heavy atom. The summed E-state index contributed by atoms with van der Waals surface area (Å²) >= 11 is 0. The molecule has 0 aliphatic rings. The molecule has 5 heteroatoms. The Bertz CT molecular complexity index is 1240. The second kappa shape index (κ2) is 10.3. The lowest BCUT2D eigenvalue weighted by Crippen LogP contribution is -2.31. The van der Waals surface area contributed by atoms with Gasteiger partial charge in [-0.3, -0.25) is 9.59 Å².